The van der Waals surface area contributed by atoms with Crippen LogP contribution in [0.1, 0.15) is 50.2 Å². The summed E-state index contributed by atoms with van der Waals surface area (Å²) in [6.07, 6.45) is 5.59. The smallest absolute Gasteiger partial charge is 0.242 e. The van der Waals surface area contributed by atoms with Crippen molar-refractivity contribution < 1.29 is 9.59 Å². The Morgan fingerprint density at radius 2 is 1.77 bits per heavy atom. The van der Waals surface area contributed by atoms with Crippen molar-refractivity contribution >= 4 is 35.2 Å². The van der Waals surface area contributed by atoms with E-state index in [-0.39, 0.29) is 17.9 Å². The highest BCUT2D eigenvalue weighted by Crippen LogP contribution is 2.20. The number of thioether (sulfide) groups is 1. The van der Waals surface area contributed by atoms with Gasteiger partial charge in [0.25, 0.3) is 0 Å². The molecule has 1 N–H and O–H groups in total. The van der Waals surface area contributed by atoms with Gasteiger partial charge in [0.15, 0.2) is 0 Å². The van der Waals surface area contributed by atoms with Crippen LogP contribution in [-0.2, 0) is 21.9 Å². The van der Waals surface area contributed by atoms with Crippen LogP contribution >= 0.6 is 23.4 Å². The fourth-order valence-corrected chi connectivity index (χ4v) is 4.98. The molecule has 2 aromatic carbocycles. The number of carbonyl (C=O) groups is 2. The predicted octanol–water partition coefficient (Wildman–Crippen LogP) is 5.44. The van der Waals surface area contributed by atoms with Crippen LogP contribution in [0.25, 0.3) is 0 Å². The summed E-state index contributed by atoms with van der Waals surface area (Å²) >= 11 is 7.72. The lowest BCUT2D eigenvalue weighted by atomic mass is 9.95. The van der Waals surface area contributed by atoms with Gasteiger partial charge in [-0.15, -0.1) is 11.8 Å². The molecule has 166 valence electrons. The first-order chi connectivity index (χ1) is 15.0. The lowest BCUT2D eigenvalue weighted by Crippen LogP contribution is -2.50. The van der Waals surface area contributed by atoms with Crippen molar-refractivity contribution in [3.8, 4) is 0 Å². The van der Waals surface area contributed by atoms with Gasteiger partial charge in [-0.1, -0.05) is 73.3 Å². The van der Waals surface area contributed by atoms with Gasteiger partial charge in [-0.2, -0.15) is 0 Å². The zero-order chi connectivity index (χ0) is 22.1. The number of nitrogens with zero attached hydrogens (tertiary/aromatic N) is 1. The summed E-state index contributed by atoms with van der Waals surface area (Å²) in [4.78, 5) is 27.8. The van der Waals surface area contributed by atoms with E-state index in [1.54, 1.807) is 16.7 Å². The van der Waals surface area contributed by atoms with Crippen LogP contribution in [0.2, 0.25) is 5.02 Å². The highest BCUT2D eigenvalue weighted by atomic mass is 35.5. The molecule has 1 atom stereocenters. The minimum absolute atomic E-state index is 0.0350. The van der Waals surface area contributed by atoms with Crippen molar-refractivity contribution in [3.05, 3.63) is 70.7 Å². The van der Waals surface area contributed by atoms with E-state index in [1.165, 1.54) is 12.0 Å². The van der Waals surface area contributed by atoms with Crippen molar-refractivity contribution in [1.29, 1.82) is 0 Å². The van der Waals surface area contributed by atoms with Crippen LogP contribution < -0.4 is 5.32 Å². The van der Waals surface area contributed by atoms with Crippen LogP contribution in [0, 0.1) is 0 Å². The average Bonchev–Trinajstić information content (AvgIpc) is 2.78. The summed E-state index contributed by atoms with van der Waals surface area (Å²) in [7, 11) is 0. The second-order valence-corrected chi connectivity index (χ2v) is 9.57. The lowest BCUT2D eigenvalue weighted by molar-refractivity contribution is -0.139. The molecule has 0 heterocycles. The summed E-state index contributed by atoms with van der Waals surface area (Å²) < 4.78 is 0. The topological polar surface area (TPSA) is 49.4 Å². The van der Waals surface area contributed by atoms with E-state index in [4.69, 9.17) is 11.6 Å². The SMILES string of the molecule is C[C@H](C(=O)NC1CCCCC1)N(Cc1cccc(Cl)c1)C(=O)CSCc1ccccc1. The number of amides is 2. The van der Waals surface area contributed by atoms with Gasteiger partial charge in [0, 0.05) is 23.4 Å². The maximum Gasteiger partial charge on any atom is 0.242 e. The van der Waals surface area contributed by atoms with Crippen LogP contribution in [0.15, 0.2) is 54.6 Å². The fraction of sp³-hybridized carbons (Fsp3) is 0.440. The normalized spacial score (nSPS) is 15.3. The van der Waals surface area contributed by atoms with Gasteiger partial charge in [-0.05, 0) is 43.0 Å². The first kappa shape index (κ1) is 23.7. The molecule has 0 aromatic heterocycles. The quantitative estimate of drug-likeness (QED) is 0.544. The van der Waals surface area contributed by atoms with Gasteiger partial charge in [0.05, 0.1) is 5.75 Å². The number of rotatable bonds is 9. The zero-order valence-corrected chi connectivity index (χ0v) is 19.6. The molecule has 0 aliphatic heterocycles. The molecular weight excluding hydrogens is 428 g/mol. The average molecular weight is 459 g/mol. The Labute approximate surface area is 194 Å². The van der Waals surface area contributed by atoms with E-state index in [2.05, 4.69) is 17.4 Å². The fourth-order valence-electron chi connectivity index (χ4n) is 3.90. The van der Waals surface area contributed by atoms with E-state index in [1.807, 2.05) is 49.4 Å². The van der Waals surface area contributed by atoms with Crippen LogP contribution in [-0.4, -0.2) is 34.6 Å². The van der Waals surface area contributed by atoms with Crippen molar-refractivity contribution in [1.82, 2.24) is 10.2 Å². The summed E-state index contributed by atoms with van der Waals surface area (Å²) in [6.45, 7) is 2.19. The van der Waals surface area contributed by atoms with Crippen LogP contribution in [0.5, 0.6) is 0 Å². The molecule has 1 aliphatic carbocycles. The van der Waals surface area contributed by atoms with E-state index in [0.29, 0.717) is 17.3 Å². The van der Waals surface area contributed by atoms with E-state index in [9.17, 15) is 9.59 Å². The molecule has 0 unspecified atom stereocenters. The largest absolute Gasteiger partial charge is 0.352 e. The Morgan fingerprint density at radius 1 is 1.06 bits per heavy atom. The molecule has 1 saturated carbocycles. The van der Waals surface area contributed by atoms with Crippen molar-refractivity contribution in [2.24, 2.45) is 0 Å². The Balaban J connectivity index is 1.65. The Bertz CT molecular complexity index is 856. The summed E-state index contributed by atoms with van der Waals surface area (Å²) in [5, 5.41) is 3.79. The molecule has 0 radical (unpaired) electrons. The van der Waals surface area contributed by atoms with E-state index >= 15 is 0 Å². The van der Waals surface area contributed by atoms with Gasteiger partial charge >= 0.3 is 0 Å². The van der Waals surface area contributed by atoms with Crippen molar-refractivity contribution in [2.75, 3.05) is 5.75 Å². The first-order valence-corrected chi connectivity index (χ1v) is 12.5. The number of carbonyl (C=O) groups excluding carboxylic acids is 2. The molecule has 1 fully saturated rings. The molecule has 0 spiro atoms. The van der Waals surface area contributed by atoms with Gasteiger partial charge in [-0.3, -0.25) is 9.59 Å². The zero-order valence-electron chi connectivity index (χ0n) is 18.1. The van der Waals surface area contributed by atoms with Gasteiger partial charge in [0.1, 0.15) is 6.04 Å². The molecule has 4 nitrogen and oxygen atoms in total. The molecule has 0 saturated heterocycles. The van der Waals surface area contributed by atoms with Crippen LogP contribution in [0.3, 0.4) is 0 Å². The highest BCUT2D eigenvalue weighted by Gasteiger charge is 2.28. The van der Waals surface area contributed by atoms with Crippen molar-refractivity contribution in [2.45, 2.75) is 63.4 Å². The Hall–Kier alpha value is -1.98. The van der Waals surface area contributed by atoms with Crippen LogP contribution in [0.4, 0.5) is 0 Å². The van der Waals surface area contributed by atoms with E-state index in [0.717, 1.165) is 37.0 Å². The molecule has 2 amide bonds. The molecule has 6 heteroatoms. The Morgan fingerprint density at radius 3 is 2.48 bits per heavy atom. The molecule has 0 bridgehead atoms. The monoisotopic (exact) mass is 458 g/mol. The lowest BCUT2D eigenvalue weighted by Gasteiger charge is -2.31. The minimum atomic E-state index is -0.536. The van der Waals surface area contributed by atoms with Gasteiger partial charge in [0.2, 0.25) is 11.8 Å². The maximum absolute atomic E-state index is 13.2. The summed E-state index contributed by atoms with van der Waals surface area (Å²) in [6, 6.07) is 17.3. The van der Waals surface area contributed by atoms with Gasteiger partial charge in [-0.25, -0.2) is 0 Å². The number of hydrogen-bond acceptors (Lipinski definition) is 3. The van der Waals surface area contributed by atoms with Gasteiger partial charge < -0.3 is 10.2 Å². The highest BCUT2D eigenvalue weighted by molar-refractivity contribution is 7.99. The summed E-state index contributed by atoms with van der Waals surface area (Å²) in [5.41, 5.74) is 2.11. The molecule has 1 aliphatic rings. The Kier molecular flexibility index (Phi) is 9.29. The summed E-state index contributed by atoms with van der Waals surface area (Å²) in [5.74, 6) is 0.985. The second-order valence-electron chi connectivity index (χ2n) is 8.15. The third-order valence-electron chi connectivity index (χ3n) is 5.70. The molecule has 3 rings (SSSR count). The van der Waals surface area contributed by atoms with Crippen molar-refractivity contribution in [3.63, 3.8) is 0 Å². The number of benzene rings is 2. The molecular formula is C25H31ClN2O2S. The third kappa shape index (κ3) is 7.58. The van der Waals surface area contributed by atoms with E-state index < -0.39 is 6.04 Å². The molecule has 2 aromatic rings. The predicted molar refractivity (Wildman–Crippen MR) is 129 cm³/mol. The maximum atomic E-state index is 13.2. The second kappa shape index (κ2) is 12.2. The number of hydrogen-bond donors (Lipinski definition) is 1. The minimum Gasteiger partial charge on any atom is -0.352 e. The number of nitrogens with one attached hydrogen (secondary N) is 1. The molecule has 31 heavy (non-hydrogen) atoms. The number of halogens is 1. The standard InChI is InChI=1S/C25H31ClN2O2S/c1-19(25(30)27-23-13-6-3-7-14-23)28(16-21-11-8-12-22(26)15-21)24(29)18-31-17-20-9-4-2-5-10-20/h2,4-5,8-12,15,19,23H,3,6-7,13-14,16-18H2,1H3,(H,27,30)/t19-/m1/s1. The third-order valence-corrected chi connectivity index (χ3v) is 6.92. The first-order valence-electron chi connectivity index (χ1n) is 11.0.